The molecule has 0 aliphatic carbocycles. The van der Waals surface area contributed by atoms with Gasteiger partial charge in [-0.1, -0.05) is 32.9 Å². The summed E-state index contributed by atoms with van der Waals surface area (Å²) in [6.45, 7) is 5.94. The number of benzene rings is 1. The molecule has 0 saturated heterocycles. The van der Waals surface area contributed by atoms with E-state index in [1.807, 2.05) is 20.8 Å². The third kappa shape index (κ3) is 6.04. The lowest BCUT2D eigenvalue weighted by Crippen LogP contribution is -2.17. The molecule has 0 aliphatic heterocycles. The van der Waals surface area contributed by atoms with Crippen molar-refractivity contribution >= 4 is 11.9 Å². The largest absolute Gasteiger partial charge is 0.469 e. The number of hydrogen-bond acceptors (Lipinski definition) is 4. The first-order valence-corrected chi connectivity index (χ1v) is 6.16. The highest BCUT2D eigenvalue weighted by molar-refractivity contribution is 5.74. The van der Waals surface area contributed by atoms with Crippen molar-refractivity contribution in [1.82, 2.24) is 0 Å². The molecular weight excluding hydrogens is 244 g/mol. The summed E-state index contributed by atoms with van der Waals surface area (Å²) in [5.74, 6) is -0.0615. The van der Waals surface area contributed by atoms with Crippen molar-refractivity contribution in [2.24, 2.45) is 5.41 Å². The zero-order chi connectivity index (χ0) is 14.5. The lowest BCUT2D eigenvalue weighted by molar-refractivity contribution is -0.140. The molecule has 1 rings (SSSR count). The van der Waals surface area contributed by atoms with Crippen LogP contribution in [0.3, 0.4) is 0 Å². The average molecular weight is 264 g/mol. The minimum atomic E-state index is -0.294. The van der Waals surface area contributed by atoms with Crippen LogP contribution in [0, 0.1) is 5.41 Å². The average Bonchev–Trinajstić information content (AvgIpc) is 2.29. The third-order valence-corrected chi connectivity index (χ3v) is 2.41. The van der Waals surface area contributed by atoms with E-state index in [0.29, 0.717) is 12.2 Å². The molecule has 0 atom stereocenters. The van der Waals surface area contributed by atoms with E-state index in [0.717, 1.165) is 5.56 Å². The smallest absolute Gasteiger partial charge is 0.311 e. The summed E-state index contributed by atoms with van der Waals surface area (Å²) in [5.41, 5.74) is 0.726. The number of methoxy groups -OCH3 is 1. The van der Waals surface area contributed by atoms with Crippen molar-refractivity contribution in [2.45, 2.75) is 33.6 Å². The van der Waals surface area contributed by atoms with Gasteiger partial charge in [-0.2, -0.15) is 0 Å². The van der Waals surface area contributed by atoms with Gasteiger partial charge in [-0.25, -0.2) is 0 Å². The van der Waals surface area contributed by atoms with Crippen LogP contribution in [-0.2, 0) is 20.7 Å². The van der Waals surface area contributed by atoms with Crippen LogP contribution < -0.4 is 4.74 Å². The second kappa shape index (κ2) is 6.36. The molecule has 0 aliphatic rings. The number of carbonyl (C=O) groups excluding carboxylic acids is 2. The van der Waals surface area contributed by atoms with Crippen LogP contribution in [0.15, 0.2) is 24.3 Å². The minimum Gasteiger partial charge on any atom is -0.469 e. The molecule has 0 saturated carbocycles. The van der Waals surface area contributed by atoms with Crippen molar-refractivity contribution < 1.29 is 19.1 Å². The zero-order valence-corrected chi connectivity index (χ0v) is 11.9. The predicted octanol–water partition coefficient (Wildman–Crippen LogP) is 2.74. The summed E-state index contributed by atoms with van der Waals surface area (Å²) < 4.78 is 9.80. The molecule has 0 fully saturated rings. The number of carbonyl (C=O) groups is 2. The van der Waals surface area contributed by atoms with Crippen LogP contribution in [0.1, 0.15) is 32.8 Å². The second-order valence-corrected chi connectivity index (χ2v) is 5.61. The topological polar surface area (TPSA) is 52.6 Å². The quantitative estimate of drug-likeness (QED) is 0.620. The molecule has 0 unspecified atom stereocenters. The Hall–Kier alpha value is -1.84. The molecule has 0 amide bonds. The monoisotopic (exact) mass is 264 g/mol. The highest BCUT2D eigenvalue weighted by Gasteiger charge is 2.17. The van der Waals surface area contributed by atoms with E-state index in [1.165, 1.54) is 7.11 Å². The molecule has 1 aromatic rings. The highest BCUT2D eigenvalue weighted by Crippen LogP contribution is 2.20. The van der Waals surface area contributed by atoms with Gasteiger partial charge in [0.05, 0.1) is 20.0 Å². The normalized spacial score (nSPS) is 10.9. The summed E-state index contributed by atoms with van der Waals surface area (Å²) in [5, 5.41) is 0. The molecule has 0 heterocycles. The summed E-state index contributed by atoms with van der Waals surface area (Å²) in [4.78, 5) is 22.7. The van der Waals surface area contributed by atoms with Gasteiger partial charge in [-0.05, 0) is 23.1 Å². The number of rotatable bonds is 4. The Kier molecular flexibility index (Phi) is 5.10. The Morgan fingerprint density at radius 1 is 1.05 bits per heavy atom. The van der Waals surface area contributed by atoms with Crippen molar-refractivity contribution in [3.05, 3.63) is 29.8 Å². The zero-order valence-electron chi connectivity index (χ0n) is 11.9. The summed E-state index contributed by atoms with van der Waals surface area (Å²) >= 11 is 0. The lowest BCUT2D eigenvalue weighted by Gasteiger charge is -2.16. The SMILES string of the molecule is COC(=O)Cc1ccc(OC(=O)CC(C)(C)C)cc1. The molecule has 0 aromatic heterocycles. The molecule has 0 radical (unpaired) electrons. The summed E-state index contributed by atoms with van der Waals surface area (Å²) in [7, 11) is 1.35. The maximum Gasteiger partial charge on any atom is 0.311 e. The molecule has 0 bridgehead atoms. The molecule has 1 aromatic carbocycles. The Morgan fingerprint density at radius 2 is 1.63 bits per heavy atom. The molecular formula is C15H20O4. The van der Waals surface area contributed by atoms with Crippen molar-refractivity contribution in [3.8, 4) is 5.75 Å². The fraction of sp³-hybridized carbons (Fsp3) is 0.467. The Morgan fingerprint density at radius 3 is 2.11 bits per heavy atom. The predicted molar refractivity (Wildman–Crippen MR) is 71.9 cm³/mol. The Bertz CT molecular complexity index is 440. The van der Waals surface area contributed by atoms with Crippen molar-refractivity contribution in [2.75, 3.05) is 7.11 Å². The molecule has 4 heteroatoms. The van der Waals surface area contributed by atoms with Crippen LogP contribution in [0.4, 0.5) is 0 Å². The molecule has 4 nitrogen and oxygen atoms in total. The van der Waals surface area contributed by atoms with Gasteiger partial charge >= 0.3 is 11.9 Å². The summed E-state index contributed by atoms with van der Waals surface area (Å²) in [6, 6.07) is 6.85. The van der Waals surface area contributed by atoms with Crippen LogP contribution >= 0.6 is 0 Å². The first kappa shape index (κ1) is 15.2. The van der Waals surface area contributed by atoms with Crippen LogP contribution in [-0.4, -0.2) is 19.0 Å². The van der Waals surface area contributed by atoms with E-state index in [4.69, 9.17) is 4.74 Å². The Balaban J connectivity index is 2.57. The number of hydrogen-bond donors (Lipinski definition) is 0. The van der Waals surface area contributed by atoms with Gasteiger partial charge in [0.2, 0.25) is 0 Å². The fourth-order valence-electron chi connectivity index (χ4n) is 1.51. The van der Waals surface area contributed by atoms with Crippen LogP contribution in [0.2, 0.25) is 0 Å². The Labute approximate surface area is 113 Å². The lowest BCUT2D eigenvalue weighted by atomic mass is 9.92. The van der Waals surface area contributed by atoms with Gasteiger partial charge in [0.1, 0.15) is 5.75 Å². The van der Waals surface area contributed by atoms with E-state index in [9.17, 15) is 9.59 Å². The number of ether oxygens (including phenoxy) is 2. The second-order valence-electron chi connectivity index (χ2n) is 5.61. The minimum absolute atomic E-state index is 0.0953. The van der Waals surface area contributed by atoms with Gasteiger partial charge in [0.25, 0.3) is 0 Å². The molecule has 104 valence electrons. The van der Waals surface area contributed by atoms with Crippen LogP contribution in [0.25, 0.3) is 0 Å². The van der Waals surface area contributed by atoms with Gasteiger partial charge in [-0.3, -0.25) is 9.59 Å². The number of esters is 2. The highest BCUT2D eigenvalue weighted by atomic mass is 16.5. The molecule has 19 heavy (non-hydrogen) atoms. The molecule has 0 N–H and O–H groups in total. The summed E-state index contributed by atoms with van der Waals surface area (Å²) in [6.07, 6.45) is 0.573. The van der Waals surface area contributed by atoms with E-state index in [-0.39, 0.29) is 23.8 Å². The van der Waals surface area contributed by atoms with Gasteiger partial charge < -0.3 is 9.47 Å². The van der Waals surface area contributed by atoms with E-state index >= 15 is 0 Å². The molecule has 0 spiro atoms. The van der Waals surface area contributed by atoms with E-state index in [1.54, 1.807) is 24.3 Å². The van der Waals surface area contributed by atoms with E-state index in [2.05, 4.69) is 4.74 Å². The third-order valence-electron chi connectivity index (χ3n) is 2.41. The van der Waals surface area contributed by atoms with Gasteiger partial charge in [-0.15, -0.1) is 0 Å². The van der Waals surface area contributed by atoms with Gasteiger partial charge in [0.15, 0.2) is 0 Å². The van der Waals surface area contributed by atoms with E-state index < -0.39 is 0 Å². The van der Waals surface area contributed by atoms with Gasteiger partial charge in [0, 0.05) is 0 Å². The maximum atomic E-state index is 11.6. The van der Waals surface area contributed by atoms with Crippen molar-refractivity contribution in [1.29, 1.82) is 0 Å². The van der Waals surface area contributed by atoms with Crippen molar-refractivity contribution in [3.63, 3.8) is 0 Å². The van der Waals surface area contributed by atoms with Crippen LogP contribution in [0.5, 0.6) is 5.75 Å². The standard InChI is InChI=1S/C15H20O4/c1-15(2,3)10-14(17)19-12-7-5-11(6-8-12)9-13(16)18-4/h5-8H,9-10H2,1-4H3. The first-order chi connectivity index (χ1) is 8.80. The fourth-order valence-corrected chi connectivity index (χ4v) is 1.51. The first-order valence-electron chi connectivity index (χ1n) is 6.16. The maximum absolute atomic E-state index is 11.6.